The van der Waals surface area contributed by atoms with Gasteiger partial charge in [0.05, 0.1) is 6.04 Å². The molecule has 2 aliphatic rings. The number of likely N-dealkylation sites (tertiary alicyclic amines) is 1. The monoisotopic (exact) mass is 299 g/mol. The van der Waals surface area contributed by atoms with E-state index in [-0.39, 0.29) is 11.9 Å². The molecule has 1 aromatic carbocycles. The topological polar surface area (TPSA) is 44.7 Å². The van der Waals surface area contributed by atoms with Crippen LogP contribution in [0.4, 0.5) is 0 Å². The fourth-order valence-electron chi connectivity index (χ4n) is 3.41. The second kappa shape index (κ2) is 7.54. The lowest BCUT2D eigenvalue weighted by Gasteiger charge is -2.23. The fraction of sp³-hybridized carbons (Fsp3) is 0.556. The predicted octanol–water partition coefficient (Wildman–Crippen LogP) is 3.09. The third kappa shape index (κ3) is 3.95. The number of hydrogen-bond acceptors (Lipinski definition) is 3. The maximum atomic E-state index is 12.4. The maximum Gasteiger partial charge on any atom is 0.257 e. The quantitative estimate of drug-likeness (QED) is 0.868. The molecule has 1 aromatic rings. The molecule has 3 rings (SSSR count). The fourth-order valence-corrected chi connectivity index (χ4v) is 3.41. The lowest BCUT2D eigenvalue weighted by Crippen LogP contribution is -2.41. The highest BCUT2D eigenvalue weighted by atomic mass is 16.2. The smallest absolute Gasteiger partial charge is 0.257 e. The summed E-state index contributed by atoms with van der Waals surface area (Å²) in [6.07, 6.45) is 7.80. The summed E-state index contributed by atoms with van der Waals surface area (Å²) in [6.45, 7) is 1.83. The van der Waals surface area contributed by atoms with Crippen molar-refractivity contribution in [2.75, 3.05) is 6.54 Å². The van der Waals surface area contributed by atoms with Gasteiger partial charge in [-0.25, -0.2) is 5.43 Å². The molecule has 0 bridgehead atoms. The molecule has 1 N–H and O–H groups in total. The van der Waals surface area contributed by atoms with Crippen molar-refractivity contribution in [3.8, 4) is 0 Å². The van der Waals surface area contributed by atoms with Gasteiger partial charge in [-0.1, -0.05) is 36.8 Å². The second-order valence-corrected chi connectivity index (χ2v) is 6.33. The zero-order valence-corrected chi connectivity index (χ0v) is 13.1. The van der Waals surface area contributed by atoms with Gasteiger partial charge in [-0.3, -0.25) is 9.69 Å². The molecule has 2 fully saturated rings. The third-order valence-corrected chi connectivity index (χ3v) is 4.65. The van der Waals surface area contributed by atoms with Crippen LogP contribution in [0.5, 0.6) is 0 Å². The molecule has 1 aliphatic carbocycles. The molecule has 1 saturated carbocycles. The molecule has 0 aromatic heterocycles. The van der Waals surface area contributed by atoms with Gasteiger partial charge < -0.3 is 0 Å². The van der Waals surface area contributed by atoms with Crippen LogP contribution in [-0.4, -0.2) is 29.1 Å². The Morgan fingerprint density at radius 3 is 2.68 bits per heavy atom. The van der Waals surface area contributed by atoms with Gasteiger partial charge in [0.2, 0.25) is 0 Å². The van der Waals surface area contributed by atoms with Gasteiger partial charge in [-0.15, -0.1) is 0 Å². The second-order valence-electron chi connectivity index (χ2n) is 6.33. The van der Waals surface area contributed by atoms with Gasteiger partial charge in [-0.05, 0) is 50.6 Å². The SMILES string of the molecule is O=C(NN=C1CCCCC1)[C@@H]1CCCN1Cc1ccccc1. The van der Waals surface area contributed by atoms with Gasteiger partial charge in [0, 0.05) is 12.3 Å². The Morgan fingerprint density at radius 1 is 1.14 bits per heavy atom. The van der Waals surface area contributed by atoms with Gasteiger partial charge in [0.15, 0.2) is 0 Å². The summed E-state index contributed by atoms with van der Waals surface area (Å²) < 4.78 is 0. The number of hydrazone groups is 1. The maximum absolute atomic E-state index is 12.4. The molecule has 1 saturated heterocycles. The molecule has 1 aliphatic heterocycles. The van der Waals surface area contributed by atoms with E-state index in [0.717, 1.165) is 44.5 Å². The summed E-state index contributed by atoms with van der Waals surface area (Å²) in [6, 6.07) is 10.3. The Kier molecular flexibility index (Phi) is 5.22. The van der Waals surface area contributed by atoms with Gasteiger partial charge in [0.25, 0.3) is 5.91 Å². The van der Waals surface area contributed by atoms with E-state index in [9.17, 15) is 4.79 Å². The molecule has 0 unspecified atom stereocenters. The average molecular weight is 299 g/mol. The summed E-state index contributed by atoms with van der Waals surface area (Å²) in [5.74, 6) is 0.0616. The van der Waals surface area contributed by atoms with Crippen LogP contribution in [0.3, 0.4) is 0 Å². The van der Waals surface area contributed by atoms with Crippen molar-refractivity contribution in [1.29, 1.82) is 0 Å². The summed E-state index contributed by atoms with van der Waals surface area (Å²) in [5.41, 5.74) is 5.24. The number of rotatable bonds is 4. The van der Waals surface area contributed by atoms with Gasteiger partial charge in [-0.2, -0.15) is 5.10 Å². The van der Waals surface area contributed by atoms with Crippen molar-refractivity contribution < 1.29 is 4.79 Å². The van der Waals surface area contributed by atoms with Gasteiger partial charge >= 0.3 is 0 Å². The lowest BCUT2D eigenvalue weighted by molar-refractivity contribution is -0.125. The van der Waals surface area contributed by atoms with Crippen LogP contribution < -0.4 is 5.43 Å². The highest BCUT2D eigenvalue weighted by Crippen LogP contribution is 2.20. The van der Waals surface area contributed by atoms with Gasteiger partial charge in [0.1, 0.15) is 0 Å². The van der Waals surface area contributed by atoms with E-state index < -0.39 is 0 Å². The van der Waals surface area contributed by atoms with Crippen molar-refractivity contribution in [2.45, 2.75) is 57.5 Å². The molecular weight excluding hydrogens is 274 g/mol. The summed E-state index contributed by atoms with van der Waals surface area (Å²) in [7, 11) is 0. The standard InChI is InChI=1S/C18H25N3O/c22-18(20-19-16-10-5-2-6-11-16)17-12-7-13-21(17)14-15-8-3-1-4-9-15/h1,3-4,8-9,17H,2,5-7,10-14H2,(H,20,22)/t17-/m0/s1. The van der Waals surface area contributed by atoms with Crippen molar-refractivity contribution in [1.82, 2.24) is 10.3 Å². The van der Waals surface area contributed by atoms with E-state index >= 15 is 0 Å². The number of carbonyl (C=O) groups excluding carboxylic acids is 1. The first-order valence-electron chi connectivity index (χ1n) is 8.46. The van der Waals surface area contributed by atoms with Crippen molar-refractivity contribution in [3.63, 3.8) is 0 Å². The highest BCUT2D eigenvalue weighted by molar-refractivity contribution is 5.88. The minimum absolute atomic E-state index is 0.0341. The normalized spacial score (nSPS) is 22.5. The van der Waals surface area contributed by atoms with E-state index in [1.807, 2.05) is 6.07 Å². The van der Waals surface area contributed by atoms with Crippen LogP contribution in [0.1, 0.15) is 50.5 Å². The summed E-state index contributed by atoms with van der Waals surface area (Å²) in [5, 5.41) is 4.36. The Bertz CT molecular complexity index is 518. The number of benzene rings is 1. The minimum atomic E-state index is -0.0341. The van der Waals surface area contributed by atoms with Crippen molar-refractivity contribution in [2.24, 2.45) is 5.10 Å². The zero-order chi connectivity index (χ0) is 15.2. The largest absolute Gasteiger partial charge is 0.288 e. The molecule has 0 radical (unpaired) electrons. The minimum Gasteiger partial charge on any atom is -0.288 e. The molecule has 1 amide bonds. The molecule has 4 heteroatoms. The first-order chi connectivity index (χ1) is 10.8. The van der Waals surface area contributed by atoms with Crippen LogP contribution in [0.15, 0.2) is 35.4 Å². The Hall–Kier alpha value is -1.68. The third-order valence-electron chi connectivity index (χ3n) is 4.65. The van der Waals surface area contributed by atoms with E-state index in [4.69, 9.17) is 0 Å². The first-order valence-corrected chi connectivity index (χ1v) is 8.46. The molecule has 22 heavy (non-hydrogen) atoms. The van der Waals surface area contributed by atoms with Crippen molar-refractivity contribution in [3.05, 3.63) is 35.9 Å². The molecule has 1 atom stereocenters. The van der Waals surface area contributed by atoms with E-state index in [0.29, 0.717) is 0 Å². The number of hydrogen-bond donors (Lipinski definition) is 1. The van der Waals surface area contributed by atoms with Crippen LogP contribution in [0, 0.1) is 0 Å². The van der Waals surface area contributed by atoms with Crippen LogP contribution in [0.25, 0.3) is 0 Å². The van der Waals surface area contributed by atoms with E-state index in [1.165, 1.54) is 24.8 Å². The van der Waals surface area contributed by atoms with E-state index in [1.54, 1.807) is 0 Å². The Morgan fingerprint density at radius 2 is 1.91 bits per heavy atom. The number of amides is 1. The van der Waals surface area contributed by atoms with Crippen molar-refractivity contribution >= 4 is 11.6 Å². The zero-order valence-electron chi connectivity index (χ0n) is 13.1. The number of carbonyl (C=O) groups is 1. The molecule has 0 spiro atoms. The first kappa shape index (κ1) is 15.2. The number of nitrogens with one attached hydrogen (secondary N) is 1. The molecule has 118 valence electrons. The van der Waals surface area contributed by atoms with Crippen LogP contribution in [-0.2, 0) is 11.3 Å². The average Bonchev–Trinajstić information content (AvgIpc) is 3.03. The summed E-state index contributed by atoms with van der Waals surface area (Å²) >= 11 is 0. The molecular formula is C18H25N3O. The van der Waals surface area contributed by atoms with Crippen LogP contribution in [0.2, 0.25) is 0 Å². The highest BCUT2D eigenvalue weighted by Gasteiger charge is 2.30. The summed E-state index contributed by atoms with van der Waals surface area (Å²) in [4.78, 5) is 14.7. The molecule has 4 nitrogen and oxygen atoms in total. The Balaban J connectivity index is 1.56. The molecule has 1 heterocycles. The number of nitrogens with zero attached hydrogens (tertiary/aromatic N) is 2. The van der Waals surface area contributed by atoms with Crippen LogP contribution >= 0.6 is 0 Å². The lowest BCUT2D eigenvalue weighted by atomic mass is 9.99. The predicted molar refractivity (Wildman–Crippen MR) is 88.5 cm³/mol. The Labute approximate surface area is 132 Å². The van der Waals surface area contributed by atoms with E-state index in [2.05, 4.69) is 39.7 Å².